The zero-order valence-electron chi connectivity index (χ0n) is 16.1. The highest BCUT2D eigenvalue weighted by atomic mass is 32.2. The summed E-state index contributed by atoms with van der Waals surface area (Å²) in [5, 5.41) is 7.62. The summed E-state index contributed by atoms with van der Waals surface area (Å²) < 4.78 is 14.7. The van der Waals surface area contributed by atoms with Crippen molar-refractivity contribution in [1.82, 2.24) is 15.1 Å². The third-order valence-corrected chi connectivity index (χ3v) is 5.79. The number of thioether (sulfide) groups is 1. The fourth-order valence-corrected chi connectivity index (χ4v) is 4.23. The van der Waals surface area contributed by atoms with Gasteiger partial charge < -0.3 is 10.2 Å². The molecule has 0 bridgehead atoms. The molecule has 0 radical (unpaired) electrons. The topological polar surface area (TPSA) is 50.2 Å². The van der Waals surface area contributed by atoms with Crippen LogP contribution in [0.3, 0.4) is 0 Å². The largest absolute Gasteiger partial charge is 0.353 e. The molecule has 1 amide bonds. The van der Waals surface area contributed by atoms with Gasteiger partial charge in [0.05, 0.1) is 0 Å². The summed E-state index contributed by atoms with van der Waals surface area (Å²) in [4.78, 5) is 14.7. The van der Waals surface area contributed by atoms with E-state index in [4.69, 9.17) is 5.10 Å². The quantitative estimate of drug-likeness (QED) is 0.675. The number of aromatic nitrogens is 2. The maximum absolute atomic E-state index is 13.0. The van der Waals surface area contributed by atoms with Crippen molar-refractivity contribution in [3.05, 3.63) is 72.2 Å². The van der Waals surface area contributed by atoms with Gasteiger partial charge in [-0.2, -0.15) is 16.9 Å². The first kappa shape index (κ1) is 19.5. The molecule has 4 rings (SSSR count). The summed E-state index contributed by atoms with van der Waals surface area (Å²) in [5.74, 6) is 2.69. The number of nitrogens with one attached hydrogen (secondary N) is 1. The van der Waals surface area contributed by atoms with Gasteiger partial charge >= 0.3 is 0 Å². The zero-order chi connectivity index (χ0) is 20.1. The molecule has 7 heteroatoms. The number of carbonyl (C=O) groups is 1. The Hall–Kier alpha value is -2.80. The van der Waals surface area contributed by atoms with Crippen LogP contribution in [0.1, 0.15) is 5.56 Å². The Bertz CT molecular complexity index is 953. The van der Waals surface area contributed by atoms with E-state index in [1.807, 2.05) is 36.2 Å². The van der Waals surface area contributed by atoms with Crippen molar-refractivity contribution in [2.24, 2.45) is 0 Å². The summed E-state index contributed by atoms with van der Waals surface area (Å²) in [6.07, 6.45) is 1.95. The van der Waals surface area contributed by atoms with Gasteiger partial charge in [0.25, 0.3) is 0 Å². The molecular formula is C22H23FN4OS. The number of carbonyl (C=O) groups excluding carboxylic acids is 1. The number of halogens is 1. The third kappa shape index (κ3) is 4.98. The standard InChI is InChI=1S/C22H23FN4OS/c23-19-8-6-17(7-9-19)14-24-21(28)16-27-15-20(18-4-2-1-3-5-18)22(25-27)26-10-12-29-13-11-26/h1-9,15H,10-14,16H2,(H,24,28). The SMILES string of the molecule is O=C(Cn1cc(-c2ccccc2)c(N2CCSCC2)n1)NCc1ccc(F)cc1. The van der Waals surface area contributed by atoms with Crippen molar-refractivity contribution >= 4 is 23.5 Å². The van der Waals surface area contributed by atoms with Crippen LogP contribution in [-0.2, 0) is 17.9 Å². The Balaban J connectivity index is 1.48. The molecule has 2 aromatic carbocycles. The van der Waals surface area contributed by atoms with Crippen LogP contribution < -0.4 is 10.2 Å². The minimum absolute atomic E-state index is 0.128. The Morgan fingerprint density at radius 3 is 2.52 bits per heavy atom. The van der Waals surface area contributed by atoms with Crippen molar-refractivity contribution < 1.29 is 9.18 Å². The molecule has 3 aromatic rings. The minimum Gasteiger partial charge on any atom is -0.353 e. The molecule has 1 fully saturated rings. The van der Waals surface area contributed by atoms with E-state index in [2.05, 4.69) is 22.3 Å². The summed E-state index contributed by atoms with van der Waals surface area (Å²) in [6, 6.07) is 16.3. The molecule has 5 nitrogen and oxygen atoms in total. The Labute approximate surface area is 173 Å². The Morgan fingerprint density at radius 1 is 1.07 bits per heavy atom. The molecule has 0 spiro atoms. The van der Waals surface area contributed by atoms with E-state index in [0.717, 1.165) is 47.1 Å². The average Bonchev–Trinajstić information content (AvgIpc) is 3.18. The van der Waals surface area contributed by atoms with Crippen LogP contribution in [0.4, 0.5) is 10.2 Å². The fourth-order valence-electron chi connectivity index (χ4n) is 3.33. The predicted octanol–water partition coefficient (Wildman–Crippen LogP) is 3.56. The second kappa shape index (κ2) is 9.13. The summed E-state index contributed by atoms with van der Waals surface area (Å²) in [5.41, 5.74) is 3.00. The molecule has 1 aliphatic rings. The van der Waals surface area contributed by atoms with E-state index in [1.165, 1.54) is 12.1 Å². The molecule has 2 heterocycles. The smallest absolute Gasteiger partial charge is 0.241 e. The van der Waals surface area contributed by atoms with Crippen molar-refractivity contribution in [3.8, 4) is 11.1 Å². The van der Waals surface area contributed by atoms with Gasteiger partial charge in [-0.25, -0.2) is 4.39 Å². The molecule has 150 valence electrons. The first-order valence-electron chi connectivity index (χ1n) is 9.66. The molecule has 1 aliphatic heterocycles. The van der Waals surface area contributed by atoms with Gasteiger partial charge in [0.1, 0.15) is 12.4 Å². The summed E-state index contributed by atoms with van der Waals surface area (Å²) >= 11 is 1.95. The lowest BCUT2D eigenvalue weighted by molar-refractivity contribution is -0.122. The highest BCUT2D eigenvalue weighted by molar-refractivity contribution is 7.99. The van der Waals surface area contributed by atoms with E-state index in [0.29, 0.717) is 6.54 Å². The highest BCUT2D eigenvalue weighted by Crippen LogP contribution is 2.31. The fraction of sp³-hybridized carbons (Fsp3) is 0.273. The molecule has 0 aliphatic carbocycles. The van der Waals surface area contributed by atoms with Crippen LogP contribution in [-0.4, -0.2) is 40.3 Å². The van der Waals surface area contributed by atoms with Crippen molar-refractivity contribution in [2.45, 2.75) is 13.1 Å². The zero-order valence-corrected chi connectivity index (χ0v) is 16.9. The minimum atomic E-state index is -0.284. The van der Waals surface area contributed by atoms with E-state index in [-0.39, 0.29) is 18.3 Å². The molecule has 1 N–H and O–H groups in total. The lowest BCUT2D eigenvalue weighted by atomic mass is 10.1. The monoisotopic (exact) mass is 410 g/mol. The van der Waals surface area contributed by atoms with Gasteiger partial charge in [-0.05, 0) is 23.3 Å². The average molecular weight is 411 g/mol. The summed E-state index contributed by atoms with van der Waals surface area (Å²) in [6.45, 7) is 2.42. The number of benzene rings is 2. The Morgan fingerprint density at radius 2 is 1.79 bits per heavy atom. The number of anilines is 1. The molecule has 1 saturated heterocycles. The van der Waals surface area contributed by atoms with Crippen LogP contribution in [0, 0.1) is 5.82 Å². The van der Waals surface area contributed by atoms with Crippen LogP contribution >= 0.6 is 11.8 Å². The third-order valence-electron chi connectivity index (χ3n) is 4.85. The van der Waals surface area contributed by atoms with Gasteiger partial charge in [-0.15, -0.1) is 0 Å². The molecule has 29 heavy (non-hydrogen) atoms. The molecule has 0 atom stereocenters. The van der Waals surface area contributed by atoms with Crippen molar-refractivity contribution in [1.29, 1.82) is 0 Å². The number of rotatable bonds is 6. The molecule has 0 unspecified atom stereocenters. The molecular weight excluding hydrogens is 387 g/mol. The van der Waals surface area contributed by atoms with Gasteiger partial charge in [0.2, 0.25) is 5.91 Å². The van der Waals surface area contributed by atoms with Gasteiger partial charge in [-0.3, -0.25) is 9.48 Å². The lowest BCUT2D eigenvalue weighted by Crippen LogP contribution is -2.33. The molecule has 1 aromatic heterocycles. The van der Waals surface area contributed by atoms with Crippen LogP contribution in [0.15, 0.2) is 60.8 Å². The van der Waals surface area contributed by atoms with Gasteiger partial charge in [-0.1, -0.05) is 42.5 Å². The van der Waals surface area contributed by atoms with Crippen LogP contribution in [0.2, 0.25) is 0 Å². The molecule has 0 saturated carbocycles. The maximum atomic E-state index is 13.0. The van der Waals surface area contributed by atoms with Crippen LogP contribution in [0.5, 0.6) is 0 Å². The second-order valence-corrected chi connectivity index (χ2v) is 8.16. The second-order valence-electron chi connectivity index (χ2n) is 6.93. The lowest BCUT2D eigenvalue weighted by Gasteiger charge is -2.27. The predicted molar refractivity (Wildman–Crippen MR) is 115 cm³/mol. The van der Waals surface area contributed by atoms with Crippen LogP contribution in [0.25, 0.3) is 11.1 Å². The highest BCUT2D eigenvalue weighted by Gasteiger charge is 2.20. The summed E-state index contributed by atoms with van der Waals surface area (Å²) in [7, 11) is 0. The van der Waals surface area contributed by atoms with Gasteiger partial charge in [0.15, 0.2) is 5.82 Å². The van der Waals surface area contributed by atoms with E-state index in [1.54, 1.807) is 16.8 Å². The van der Waals surface area contributed by atoms with Crippen molar-refractivity contribution in [3.63, 3.8) is 0 Å². The number of nitrogens with zero attached hydrogens (tertiary/aromatic N) is 3. The normalized spacial score (nSPS) is 14.0. The first-order chi connectivity index (χ1) is 14.2. The van der Waals surface area contributed by atoms with E-state index in [9.17, 15) is 9.18 Å². The van der Waals surface area contributed by atoms with E-state index < -0.39 is 0 Å². The number of hydrogen-bond acceptors (Lipinski definition) is 4. The number of amides is 1. The maximum Gasteiger partial charge on any atom is 0.241 e. The number of hydrogen-bond donors (Lipinski definition) is 1. The first-order valence-corrected chi connectivity index (χ1v) is 10.8. The van der Waals surface area contributed by atoms with E-state index >= 15 is 0 Å². The van der Waals surface area contributed by atoms with Crippen molar-refractivity contribution in [2.75, 3.05) is 29.5 Å². The Kier molecular flexibility index (Phi) is 6.14. The van der Waals surface area contributed by atoms with Gasteiger partial charge in [0, 0.05) is 42.9 Å².